The maximum absolute atomic E-state index is 12.5. The summed E-state index contributed by atoms with van der Waals surface area (Å²) in [6.45, 7) is 4.17. The summed E-state index contributed by atoms with van der Waals surface area (Å²) in [6, 6.07) is 8.07. The van der Waals surface area contributed by atoms with Crippen LogP contribution in [0, 0.1) is 11.8 Å². The monoisotopic (exact) mass is 401 g/mol. The van der Waals surface area contributed by atoms with Gasteiger partial charge < -0.3 is 10.1 Å². The van der Waals surface area contributed by atoms with Crippen molar-refractivity contribution in [2.24, 2.45) is 11.8 Å². The van der Waals surface area contributed by atoms with Crippen molar-refractivity contribution in [1.29, 1.82) is 0 Å². The lowest BCUT2D eigenvalue weighted by Crippen LogP contribution is -2.64. The number of fused-ring (bicyclic) bond motifs is 5. The van der Waals surface area contributed by atoms with Crippen LogP contribution in [0.4, 0.5) is 0 Å². The fourth-order valence-corrected chi connectivity index (χ4v) is 6.22. The van der Waals surface area contributed by atoms with E-state index in [9.17, 15) is 9.90 Å². The van der Waals surface area contributed by atoms with Gasteiger partial charge in [0.1, 0.15) is 0 Å². The lowest BCUT2D eigenvalue weighted by molar-refractivity contribution is -0.0876. The normalized spacial score (nSPS) is 31.1. The summed E-state index contributed by atoms with van der Waals surface area (Å²) in [4.78, 5) is 21.0. The van der Waals surface area contributed by atoms with E-state index >= 15 is 0 Å². The highest BCUT2D eigenvalue weighted by Gasteiger charge is 2.46. The Kier molecular flexibility index (Phi) is 4.95. The minimum Gasteiger partial charge on any atom is -0.395 e. The zero-order valence-corrected chi connectivity index (χ0v) is 16.9. The van der Waals surface area contributed by atoms with Gasteiger partial charge in [-0.2, -0.15) is 0 Å². The van der Waals surface area contributed by atoms with E-state index < -0.39 is 0 Å². The number of hydrogen-bond donors (Lipinski definition) is 2. The zero-order chi connectivity index (χ0) is 19.3. The number of benzene rings is 1. The van der Waals surface area contributed by atoms with Crippen LogP contribution < -0.4 is 5.43 Å². The van der Waals surface area contributed by atoms with Gasteiger partial charge in [0.05, 0.1) is 17.1 Å². The fraction of sp³-hybridized carbons (Fsp3) is 0.591. The van der Waals surface area contributed by atoms with Crippen molar-refractivity contribution in [3.63, 3.8) is 0 Å². The molecular weight excluding hydrogens is 374 g/mol. The Hall–Kier alpha value is -1.40. The molecule has 0 amide bonds. The lowest BCUT2D eigenvalue weighted by atomic mass is 9.72. The Balaban J connectivity index is 1.40. The Morgan fingerprint density at radius 3 is 2.93 bits per heavy atom. The average Bonchev–Trinajstić information content (AvgIpc) is 2.69. The van der Waals surface area contributed by atoms with Gasteiger partial charge in [-0.1, -0.05) is 24.1 Å². The molecule has 2 bridgehead atoms. The van der Waals surface area contributed by atoms with Crippen molar-refractivity contribution in [2.45, 2.75) is 44.3 Å². The zero-order valence-electron chi connectivity index (χ0n) is 16.1. The predicted molar refractivity (Wildman–Crippen MR) is 112 cm³/mol. The lowest BCUT2D eigenvalue weighted by Gasteiger charge is -2.56. The highest BCUT2D eigenvalue weighted by atomic mass is 35.5. The first-order valence-corrected chi connectivity index (χ1v) is 10.9. The number of aliphatic hydroxyl groups excluding tert-OH is 1. The number of hydrogen-bond acceptors (Lipinski definition) is 4. The van der Waals surface area contributed by atoms with E-state index in [0.29, 0.717) is 28.3 Å². The predicted octanol–water partition coefficient (Wildman–Crippen LogP) is 2.85. The summed E-state index contributed by atoms with van der Waals surface area (Å²) < 4.78 is 0. The van der Waals surface area contributed by atoms with E-state index in [0.717, 1.165) is 37.4 Å². The van der Waals surface area contributed by atoms with E-state index in [2.05, 4.69) is 14.8 Å². The van der Waals surface area contributed by atoms with Crippen molar-refractivity contribution >= 4 is 22.5 Å². The molecule has 0 saturated carbocycles. The molecular formula is C22H28ClN3O2. The molecule has 28 heavy (non-hydrogen) atoms. The van der Waals surface area contributed by atoms with Crippen LogP contribution in [0.2, 0.25) is 5.02 Å². The van der Waals surface area contributed by atoms with Gasteiger partial charge >= 0.3 is 0 Å². The number of nitrogens with zero attached hydrogens (tertiary/aromatic N) is 2. The van der Waals surface area contributed by atoms with E-state index in [-0.39, 0.29) is 18.1 Å². The van der Waals surface area contributed by atoms with E-state index in [4.69, 9.17) is 11.6 Å². The van der Waals surface area contributed by atoms with Gasteiger partial charge in [-0.15, -0.1) is 0 Å². The topological polar surface area (TPSA) is 59.6 Å². The number of rotatable bonds is 3. The van der Waals surface area contributed by atoms with Crippen molar-refractivity contribution in [2.75, 3.05) is 26.2 Å². The first-order chi connectivity index (χ1) is 13.6. The number of aromatic nitrogens is 1. The molecule has 2 aromatic rings. The number of likely N-dealkylation sites (tertiary alicyclic amines) is 1. The molecule has 2 N–H and O–H groups in total. The van der Waals surface area contributed by atoms with Gasteiger partial charge in [-0.05, 0) is 49.8 Å². The number of nitrogens with one attached hydrogen (secondary N) is 1. The molecule has 4 heterocycles. The molecule has 5 nitrogen and oxygen atoms in total. The smallest absolute Gasteiger partial charge is 0.189 e. The highest BCUT2D eigenvalue weighted by Crippen LogP contribution is 2.41. The summed E-state index contributed by atoms with van der Waals surface area (Å²) in [7, 11) is 0. The fourth-order valence-electron chi connectivity index (χ4n) is 6.00. The molecule has 5 rings (SSSR count). The Morgan fingerprint density at radius 1 is 1.21 bits per heavy atom. The average molecular weight is 402 g/mol. The van der Waals surface area contributed by atoms with Crippen LogP contribution >= 0.6 is 11.6 Å². The molecule has 4 atom stereocenters. The minimum absolute atomic E-state index is 0.0233. The quantitative estimate of drug-likeness (QED) is 0.830. The highest BCUT2D eigenvalue weighted by molar-refractivity contribution is 6.35. The van der Waals surface area contributed by atoms with Crippen molar-refractivity contribution < 1.29 is 5.11 Å². The molecule has 6 heteroatoms. The maximum Gasteiger partial charge on any atom is 0.189 e. The molecule has 3 aliphatic heterocycles. The molecule has 1 aromatic carbocycles. The van der Waals surface area contributed by atoms with Gasteiger partial charge in [0.2, 0.25) is 0 Å². The van der Waals surface area contributed by atoms with E-state index in [1.165, 1.54) is 25.7 Å². The SMILES string of the molecule is O=c1cc(CN2C[C@H]3C[C@@H](C2)[C@H](CO)N2CCCC[C@@H]32)[nH]c2c(Cl)cccc12. The van der Waals surface area contributed by atoms with Crippen molar-refractivity contribution in [3.05, 3.63) is 45.2 Å². The molecule has 1 aromatic heterocycles. The molecule has 0 spiro atoms. The number of halogens is 1. The van der Waals surface area contributed by atoms with E-state index in [1.54, 1.807) is 6.07 Å². The van der Waals surface area contributed by atoms with Gasteiger partial charge in [0.25, 0.3) is 0 Å². The number of para-hydroxylation sites is 1. The molecule has 3 saturated heterocycles. The standard InChI is InChI=1S/C22H28ClN3O2/c23-18-5-3-4-17-21(28)9-16(24-22(17)18)12-25-10-14-8-15(11-25)20(13-27)26-7-2-1-6-19(14)26/h3-5,9,14-15,19-20,27H,1-2,6-8,10-13H2,(H,24,28)/t14-,15+,19+,20+/m1/s1. The second-order valence-corrected chi connectivity index (χ2v) is 9.23. The van der Waals surface area contributed by atoms with Crippen molar-refractivity contribution in [1.82, 2.24) is 14.8 Å². The third-order valence-electron chi connectivity index (χ3n) is 7.15. The van der Waals surface area contributed by atoms with Gasteiger partial charge in [-0.25, -0.2) is 0 Å². The Bertz CT molecular complexity index is 916. The second kappa shape index (κ2) is 7.45. The number of aliphatic hydroxyl groups is 1. The molecule has 0 unspecified atom stereocenters. The number of aromatic amines is 1. The van der Waals surface area contributed by atoms with Crippen LogP contribution in [0.25, 0.3) is 10.9 Å². The minimum atomic E-state index is 0.0233. The van der Waals surface area contributed by atoms with Crippen LogP contribution in [0.3, 0.4) is 0 Å². The van der Waals surface area contributed by atoms with Gasteiger partial charge in [0, 0.05) is 48.9 Å². The van der Waals surface area contributed by atoms with Crippen LogP contribution in [0.15, 0.2) is 29.1 Å². The van der Waals surface area contributed by atoms with Gasteiger partial charge in [-0.3, -0.25) is 14.6 Å². The molecule has 0 radical (unpaired) electrons. The Morgan fingerprint density at radius 2 is 2.07 bits per heavy atom. The second-order valence-electron chi connectivity index (χ2n) is 8.82. The first kappa shape index (κ1) is 18.6. The largest absolute Gasteiger partial charge is 0.395 e. The number of pyridine rings is 1. The molecule has 0 aliphatic carbocycles. The third-order valence-corrected chi connectivity index (χ3v) is 7.46. The maximum atomic E-state index is 12.5. The first-order valence-electron chi connectivity index (χ1n) is 10.5. The molecule has 3 fully saturated rings. The molecule has 3 aliphatic rings. The van der Waals surface area contributed by atoms with E-state index in [1.807, 2.05) is 18.2 Å². The van der Waals surface area contributed by atoms with Crippen LogP contribution in [0.1, 0.15) is 31.4 Å². The number of piperidine rings is 3. The summed E-state index contributed by atoms with van der Waals surface area (Å²) in [5.74, 6) is 1.17. The summed E-state index contributed by atoms with van der Waals surface area (Å²) in [6.07, 6.45) is 5.04. The van der Waals surface area contributed by atoms with Crippen molar-refractivity contribution in [3.8, 4) is 0 Å². The van der Waals surface area contributed by atoms with Crippen LogP contribution in [-0.2, 0) is 6.54 Å². The number of H-pyrrole nitrogens is 1. The molecule has 150 valence electrons. The van der Waals surface area contributed by atoms with Gasteiger partial charge in [0.15, 0.2) is 5.43 Å². The summed E-state index contributed by atoms with van der Waals surface area (Å²) >= 11 is 6.32. The summed E-state index contributed by atoms with van der Waals surface area (Å²) in [5.41, 5.74) is 1.68. The summed E-state index contributed by atoms with van der Waals surface area (Å²) in [5, 5.41) is 11.3. The Labute approximate surface area is 170 Å². The third kappa shape index (κ3) is 3.18. The van der Waals surface area contributed by atoms with Crippen LogP contribution in [0.5, 0.6) is 0 Å². The van der Waals surface area contributed by atoms with Crippen LogP contribution in [-0.4, -0.2) is 58.2 Å².